The Hall–Kier alpha value is -6.06. The average Bonchev–Trinajstić information content (AvgIpc) is 3.89. The van der Waals surface area contributed by atoms with E-state index in [-0.39, 0.29) is 37.9 Å². The van der Waals surface area contributed by atoms with E-state index in [2.05, 4.69) is 256 Å². The summed E-state index contributed by atoms with van der Waals surface area (Å²) in [6.07, 6.45) is 2.36. The van der Waals surface area contributed by atoms with Crippen LogP contribution in [0.4, 0.5) is 11.4 Å². The second-order valence-corrected chi connectivity index (χ2v) is 28.0. The smallest absolute Gasteiger partial charge is 0.193 e. The largest absolute Gasteiger partial charge is 0.354 e. The van der Waals surface area contributed by atoms with Crippen LogP contribution in [0.15, 0.2) is 127 Å². The van der Waals surface area contributed by atoms with Gasteiger partial charge in [-0.1, -0.05) is 196 Å². The van der Waals surface area contributed by atoms with Gasteiger partial charge in [-0.25, -0.2) is 0 Å². The van der Waals surface area contributed by atoms with Crippen LogP contribution in [0, 0.1) is 0 Å². The van der Waals surface area contributed by atoms with E-state index in [1.165, 1.54) is 146 Å². The van der Waals surface area contributed by atoms with Gasteiger partial charge in [0.05, 0.1) is 11.2 Å². The Morgan fingerprint density at radius 2 is 1.04 bits per heavy atom. The van der Waals surface area contributed by atoms with E-state index >= 15 is 0 Å². The molecule has 2 nitrogen and oxygen atoms in total. The van der Waals surface area contributed by atoms with Gasteiger partial charge in [-0.2, -0.15) is 0 Å². The maximum Gasteiger partial charge on any atom is 0.193 e. The summed E-state index contributed by atoms with van der Waals surface area (Å²) in [5.41, 5.74) is 28.7. The Kier molecular flexibility index (Phi) is 10.0. The van der Waals surface area contributed by atoms with Gasteiger partial charge in [0.2, 0.25) is 0 Å². The molecule has 0 bridgehead atoms. The third-order valence-corrected chi connectivity index (χ3v) is 18.4. The molecule has 0 atom stereocenters. The van der Waals surface area contributed by atoms with E-state index in [0.717, 1.165) is 0 Å². The van der Waals surface area contributed by atoms with Gasteiger partial charge in [-0.3, -0.25) is 0 Å². The second kappa shape index (κ2) is 15.3. The highest BCUT2D eigenvalue weighted by Gasteiger charge is 2.49. The molecule has 73 heavy (non-hydrogen) atoms. The molecule has 8 aromatic rings. The zero-order valence-corrected chi connectivity index (χ0v) is 47.0. The molecule has 0 amide bonds. The molecule has 1 aliphatic heterocycles. The standard InChI is InChI=1S/C70H76BN2/c1-64(2,3)41-27-29-55-46(34-41)47-35-43(66(7,8)9)36-49(61(47)72-55)59-58-44-25-21-22-26-50(44)69(14,15)54(58)39-57-60(59)71-63-62(48-37-52-53(38-51(48)70(63,16)17)68(12,13)32-31-67(52,10)11)73(57)56-30-28-42(65(4,5)6)33-45(56)40-23-19-18-20-24-40/h18-30,33-39,72H,31-32H2,1-17H3. The molecule has 0 fully saturated rings. The van der Waals surface area contributed by atoms with Crippen molar-refractivity contribution in [2.24, 2.45) is 0 Å². The molecule has 0 saturated carbocycles. The summed E-state index contributed by atoms with van der Waals surface area (Å²) in [7, 11) is 2.67. The third-order valence-electron chi connectivity index (χ3n) is 18.4. The van der Waals surface area contributed by atoms with Crippen molar-refractivity contribution in [2.45, 2.75) is 168 Å². The number of allylic oxidation sites excluding steroid dienone is 1. The lowest BCUT2D eigenvalue weighted by Crippen LogP contribution is -2.39. The molecule has 0 spiro atoms. The first kappa shape index (κ1) is 47.9. The number of hydrogen-bond donors (Lipinski definition) is 1. The summed E-state index contributed by atoms with van der Waals surface area (Å²) in [4.78, 5) is 6.88. The van der Waals surface area contributed by atoms with Gasteiger partial charge in [-0.05, 0) is 161 Å². The highest BCUT2D eigenvalue weighted by molar-refractivity contribution is 6.69. The highest BCUT2D eigenvalue weighted by atomic mass is 15.2. The second-order valence-electron chi connectivity index (χ2n) is 28.0. The van der Waals surface area contributed by atoms with E-state index in [1.807, 2.05) is 0 Å². The SMILES string of the molecule is CC(C)(C)c1ccc(N2C3=C([B]c4c2cc2c(c4-c4cc(C(C)(C)C)cc5c4[nH]c4ccc(C(C)(C)C)cc45)-c4ccccc4C2(C)C)C(C)(C)c2cc4c(cc23)C(C)(C)CCC4(C)C)c(-c2ccccc2)c1. The van der Waals surface area contributed by atoms with Gasteiger partial charge >= 0.3 is 0 Å². The minimum Gasteiger partial charge on any atom is -0.354 e. The lowest BCUT2D eigenvalue weighted by atomic mass is 9.51. The van der Waals surface area contributed by atoms with Gasteiger partial charge in [0.25, 0.3) is 0 Å². The molecule has 3 heteroatoms. The van der Waals surface area contributed by atoms with Gasteiger partial charge in [0, 0.05) is 55.2 Å². The first-order chi connectivity index (χ1) is 34.1. The Morgan fingerprint density at radius 3 is 1.71 bits per heavy atom. The quantitative estimate of drug-likeness (QED) is 0.175. The van der Waals surface area contributed by atoms with Crippen LogP contribution >= 0.6 is 0 Å². The Bertz CT molecular complexity index is 3690. The van der Waals surface area contributed by atoms with E-state index in [0.29, 0.717) is 0 Å². The van der Waals surface area contributed by atoms with Crippen molar-refractivity contribution in [2.75, 3.05) is 4.90 Å². The van der Waals surface area contributed by atoms with E-state index < -0.39 is 0 Å². The van der Waals surface area contributed by atoms with Crippen LogP contribution in [-0.4, -0.2) is 12.3 Å². The third kappa shape index (κ3) is 7.02. The molecule has 7 aromatic carbocycles. The van der Waals surface area contributed by atoms with Gasteiger partial charge in [0.1, 0.15) is 0 Å². The van der Waals surface area contributed by atoms with Crippen LogP contribution in [0.5, 0.6) is 0 Å². The molecule has 12 rings (SSSR count). The molecule has 2 heterocycles. The first-order valence-electron chi connectivity index (χ1n) is 27.3. The van der Waals surface area contributed by atoms with Crippen molar-refractivity contribution in [1.29, 1.82) is 0 Å². The molecular weight excluding hydrogens is 880 g/mol. The predicted octanol–water partition coefficient (Wildman–Crippen LogP) is 18.3. The number of rotatable bonds is 3. The number of benzene rings is 7. The fraction of sp³-hybridized carbons (Fsp3) is 0.371. The van der Waals surface area contributed by atoms with Crippen molar-refractivity contribution in [1.82, 2.24) is 4.98 Å². The molecule has 1 aromatic heterocycles. The summed E-state index contributed by atoms with van der Waals surface area (Å²) in [6, 6.07) is 48.0. The maximum atomic E-state index is 4.12. The van der Waals surface area contributed by atoms with Crippen LogP contribution in [0.3, 0.4) is 0 Å². The van der Waals surface area contributed by atoms with Gasteiger partial charge < -0.3 is 9.88 Å². The molecule has 4 aliphatic rings. The average molecular weight is 956 g/mol. The van der Waals surface area contributed by atoms with Crippen LogP contribution in [0.2, 0.25) is 0 Å². The molecule has 369 valence electrons. The van der Waals surface area contributed by atoms with Gasteiger partial charge in [0.15, 0.2) is 7.28 Å². The van der Waals surface area contributed by atoms with Crippen LogP contribution in [0.25, 0.3) is 60.9 Å². The van der Waals surface area contributed by atoms with Crippen LogP contribution < -0.4 is 10.4 Å². The van der Waals surface area contributed by atoms with Crippen molar-refractivity contribution < 1.29 is 0 Å². The number of H-pyrrole nitrogens is 1. The normalized spacial score (nSPS) is 18.0. The predicted molar refractivity (Wildman–Crippen MR) is 316 cm³/mol. The summed E-state index contributed by atoms with van der Waals surface area (Å²) in [6.45, 7) is 41.1. The first-order valence-corrected chi connectivity index (χ1v) is 27.3. The molecule has 1 radical (unpaired) electrons. The van der Waals surface area contributed by atoms with Crippen LogP contribution in [0.1, 0.15) is 181 Å². The Balaban J connectivity index is 1.26. The number of aromatic nitrogens is 1. The number of nitrogens with one attached hydrogen (secondary N) is 1. The van der Waals surface area contributed by atoms with Crippen molar-refractivity contribution in [3.05, 3.63) is 177 Å². The molecular formula is C70H76BN2. The monoisotopic (exact) mass is 956 g/mol. The topological polar surface area (TPSA) is 19.0 Å². The number of aromatic amines is 1. The van der Waals surface area contributed by atoms with E-state index in [9.17, 15) is 0 Å². The lowest BCUT2D eigenvalue weighted by molar-refractivity contribution is 0.331. The Labute approximate surface area is 438 Å². The zero-order valence-electron chi connectivity index (χ0n) is 47.0. The Morgan fingerprint density at radius 1 is 0.452 bits per heavy atom. The number of anilines is 2. The highest BCUT2D eigenvalue weighted by Crippen LogP contribution is 2.60. The summed E-state index contributed by atoms with van der Waals surface area (Å²) >= 11 is 0. The minimum absolute atomic E-state index is 0.0147. The number of nitrogens with zero attached hydrogens (tertiary/aromatic N) is 1. The molecule has 1 N–H and O–H groups in total. The molecule has 0 unspecified atom stereocenters. The summed E-state index contributed by atoms with van der Waals surface area (Å²) in [5, 5.41) is 2.59. The lowest BCUT2D eigenvalue weighted by Gasteiger charge is -2.43. The fourth-order valence-electron chi connectivity index (χ4n) is 13.5. The minimum atomic E-state index is -0.300. The van der Waals surface area contributed by atoms with Crippen LogP contribution in [-0.2, 0) is 37.9 Å². The molecule has 0 saturated heterocycles. The van der Waals surface area contributed by atoms with Crippen molar-refractivity contribution in [3.63, 3.8) is 0 Å². The molecule has 3 aliphatic carbocycles. The maximum absolute atomic E-state index is 4.12. The summed E-state index contributed by atoms with van der Waals surface area (Å²) < 4.78 is 0. The van der Waals surface area contributed by atoms with E-state index in [1.54, 1.807) is 0 Å². The van der Waals surface area contributed by atoms with E-state index in [4.69, 9.17) is 0 Å². The summed E-state index contributed by atoms with van der Waals surface area (Å²) in [5.74, 6) is 0. The zero-order chi connectivity index (χ0) is 51.9. The van der Waals surface area contributed by atoms with Gasteiger partial charge in [-0.15, -0.1) is 0 Å². The van der Waals surface area contributed by atoms with Crippen molar-refractivity contribution >= 4 is 51.6 Å². The number of fused-ring (bicyclic) bond motifs is 10. The van der Waals surface area contributed by atoms with Crippen molar-refractivity contribution in [3.8, 4) is 33.4 Å². The number of hydrogen-bond acceptors (Lipinski definition) is 1. The fourth-order valence-corrected chi connectivity index (χ4v) is 13.5.